The summed E-state index contributed by atoms with van der Waals surface area (Å²) in [5, 5.41) is 7.67. The number of ether oxygens (including phenoxy) is 1. The molecule has 1 aromatic carbocycles. The molecule has 0 spiro atoms. The minimum Gasteiger partial charge on any atom is -0.367 e. The Morgan fingerprint density at radius 2 is 2.20 bits per heavy atom. The van der Waals surface area contributed by atoms with Gasteiger partial charge in [0.15, 0.2) is 5.82 Å². The molecule has 1 aliphatic heterocycles. The maximum Gasteiger partial charge on any atom is 0.258 e. The molecule has 8 heteroatoms. The number of fused-ring (bicyclic) bond motifs is 1. The van der Waals surface area contributed by atoms with Gasteiger partial charge in [-0.25, -0.2) is 9.97 Å². The van der Waals surface area contributed by atoms with E-state index in [9.17, 15) is 4.79 Å². The highest BCUT2D eigenvalue weighted by atomic mass is 16.5. The van der Waals surface area contributed by atoms with Gasteiger partial charge in [-0.1, -0.05) is 12.1 Å². The van der Waals surface area contributed by atoms with E-state index in [-0.39, 0.29) is 11.7 Å². The minimum atomic E-state index is -0.123. The third-order valence-corrected chi connectivity index (χ3v) is 4.38. The number of hydrogen-bond donors (Lipinski definition) is 2. The molecule has 25 heavy (non-hydrogen) atoms. The number of aromatic amines is 2. The van der Waals surface area contributed by atoms with E-state index >= 15 is 0 Å². The fourth-order valence-electron chi connectivity index (χ4n) is 3.08. The van der Waals surface area contributed by atoms with E-state index in [1.807, 2.05) is 25.1 Å². The quantitative estimate of drug-likeness (QED) is 0.734. The van der Waals surface area contributed by atoms with Crippen molar-refractivity contribution in [1.82, 2.24) is 30.0 Å². The lowest BCUT2D eigenvalue weighted by atomic mass is 10.2. The summed E-state index contributed by atoms with van der Waals surface area (Å²) in [7, 11) is 0. The second-order valence-corrected chi connectivity index (χ2v) is 6.22. The van der Waals surface area contributed by atoms with Crippen LogP contribution in [0.2, 0.25) is 0 Å². The first-order valence-corrected chi connectivity index (χ1v) is 8.40. The van der Waals surface area contributed by atoms with Gasteiger partial charge in [-0.05, 0) is 19.1 Å². The number of aromatic nitrogens is 5. The van der Waals surface area contributed by atoms with Crippen LogP contribution in [0.25, 0.3) is 10.9 Å². The van der Waals surface area contributed by atoms with Crippen LogP contribution < -0.4 is 5.56 Å². The molecular formula is C17H20N6O2. The lowest BCUT2D eigenvalue weighted by Gasteiger charge is -2.31. The SMILES string of the molecule is Cc1nc(C2CN(CCc3nc4ccccc4c(=O)[nH]3)CCO2)n[nH]1. The van der Waals surface area contributed by atoms with Gasteiger partial charge < -0.3 is 9.72 Å². The molecule has 3 aromatic rings. The highest BCUT2D eigenvalue weighted by Gasteiger charge is 2.25. The summed E-state index contributed by atoms with van der Waals surface area (Å²) >= 11 is 0. The average Bonchev–Trinajstić information content (AvgIpc) is 3.07. The Bertz CT molecular complexity index is 934. The van der Waals surface area contributed by atoms with Crippen molar-refractivity contribution in [2.24, 2.45) is 0 Å². The summed E-state index contributed by atoms with van der Waals surface area (Å²) in [5.74, 6) is 2.19. The topological polar surface area (TPSA) is 99.8 Å². The van der Waals surface area contributed by atoms with Gasteiger partial charge >= 0.3 is 0 Å². The molecular weight excluding hydrogens is 320 g/mol. The maximum absolute atomic E-state index is 12.1. The van der Waals surface area contributed by atoms with Crippen molar-refractivity contribution >= 4 is 10.9 Å². The summed E-state index contributed by atoms with van der Waals surface area (Å²) in [6.07, 6.45) is 0.558. The van der Waals surface area contributed by atoms with E-state index in [0.29, 0.717) is 30.1 Å². The first-order chi connectivity index (χ1) is 12.2. The Kier molecular flexibility index (Phi) is 4.29. The van der Waals surface area contributed by atoms with Gasteiger partial charge in [0, 0.05) is 26.1 Å². The Morgan fingerprint density at radius 1 is 1.32 bits per heavy atom. The van der Waals surface area contributed by atoms with Crippen LogP contribution in [-0.4, -0.2) is 56.3 Å². The van der Waals surface area contributed by atoms with Crippen LogP contribution in [0, 0.1) is 6.92 Å². The molecule has 1 atom stereocenters. The van der Waals surface area contributed by atoms with E-state index < -0.39 is 0 Å². The minimum absolute atomic E-state index is 0.0864. The molecule has 3 heterocycles. The number of H-pyrrole nitrogens is 2. The van der Waals surface area contributed by atoms with E-state index in [1.54, 1.807) is 6.07 Å². The molecule has 0 saturated carbocycles. The maximum atomic E-state index is 12.1. The zero-order chi connectivity index (χ0) is 17.2. The standard InChI is InChI=1S/C17H20N6O2/c1-11-18-16(22-21-11)14-10-23(8-9-25-14)7-6-15-19-13-5-3-2-4-12(13)17(24)20-15/h2-5,14H,6-10H2,1H3,(H,18,21,22)(H,19,20,24). The second-order valence-electron chi connectivity index (χ2n) is 6.22. The van der Waals surface area contributed by atoms with E-state index in [4.69, 9.17) is 4.74 Å². The predicted molar refractivity (Wildman–Crippen MR) is 92.3 cm³/mol. The molecule has 0 amide bonds. The van der Waals surface area contributed by atoms with E-state index in [1.165, 1.54) is 0 Å². The van der Waals surface area contributed by atoms with Crippen molar-refractivity contribution in [3.8, 4) is 0 Å². The average molecular weight is 340 g/mol. The third kappa shape index (κ3) is 3.45. The zero-order valence-corrected chi connectivity index (χ0v) is 14.0. The van der Waals surface area contributed by atoms with Crippen molar-refractivity contribution < 1.29 is 4.74 Å². The smallest absolute Gasteiger partial charge is 0.258 e. The second kappa shape index (κ2) is 6.73. The zero-order valence-electron chi connectivity index (χ0n) is 14.0. The van der Waals surface area contributed by atoms with Gasteiger partial charge in [-0.15, -0.1) is 0 Å². The Balaban J connectivity index is 1.43. The first kappa shape index (κ1) is 15.9. The largest absolute Gasteiger partial charge is 0.367 e. The number of nitrogens with zero attached hydrogens (tertiary/aromatic N) is 4. The van der Waals surface area contributed by atoms with Gasteiger partial charge in [-0.2, -0.15) is 5.10 Å². The molecule has 0 aliphatic carbocycles. The van der Waals surface area contributed by atoms with Crippen LogP contribution in [0.1, 0.15) is 23.6 Å². The van der Waals surface area contributed by atoms with Crippen LogP contribution in [0.4, 0.5) is 0 Å². The third-order valence-electron chi connectivity index (χ3n) is 4.38. The van der Waals surface area contributed by atoms with E-state index in [0.717, 1.165) is 31.0 Å². The van der Waals surface area contributed by atoms with Crippen LogP contribution >= 0.6 is 0 Å². The van der Waals surface area contributed by atoms with E-state index in [2.05, 4.69) is 30.0 Å². The van der Waals surface area contributed by atoms with Crippen LogP contribution in [0.15, 0.2) is 29.1 Å². The fourth-order valence-corrected chi connectivity index (χ4v) is 3.08. The van der Waals surface area contributed by atoms with Crippen LogP contribution in [0.3, 0.4) is 0 Å². The van der Waals surface area contributed by atoms with Gasteiger partial charge in [0.2, 0.25) is 0 Å². The molecule has 1 aliphatic rings. The Morgan fingerprint density at radius 3 is 3.04 bits per heavy atom. The lowest BCUT2D eigenvalue weighted by Crippen LogP contribution is -2.40. The van der Waals surface area contributed by atoms with Crippen molar-refractivity contribution in [3.05, 3.63) is 52.1 Å². The van der Waals surface area contributed by atoms with Crippen molar-refractivity contribution in [2.45, 2.75) is 19.4 Å². The predicted octanol–water partition coefficient (Wildman–Crippen LogP) is 0.966. The summed E-state index contributed by atoms with van der Waals surface area (Å²) in [6.45, 7) is 4.89. The highest BCUT2D eigenvalue weighted by molar-refractivity contribution is 5.77. The normalized spacial score (nSPS) is 18.7. The monoisotopic (exact) mass is 340 g/mol. The highest BCUT2D eigenvalue weighted by Crippen LogP contribution is 2.19. The van der Waals surface area contributed by atoms with Gasteiger partial charge in [-0.3, -0.25) is 14.8 Å². The summed E-state index contributed by atoms with van der Waals surface area (Å²) in [6, 6.07) is 7.39. The molecule has 0 bridgehead atoms. The molecule has 0 radical (unpaired) electrons. The summed E-state index contributed by atoms with van der Waals surface area (Å²) in [4.78, 5) is 26.2. The number of benzene rings is 1. The number of morpholine rings is 1. The summed E-state index contributed by atoms with van der Waals surface area (Å²) in [5.41, 5.74) is 0.647. The number of hydrogen-bond acceptors (Lipinski definition) is 6. The number of nitrogens with one attached hydrogen (secondary N) is 2. The Hall–Kier alpha value is -2.58. The van der Waals surface area contributed by atoms with Gasteiger partial charge in [0.1, 0.15) is 17.8 Å². The number of aryl methyl sites for hydroxylation is 1. The number of para-hydroxylation sites is 1. The molecule has 2 aromatic heterocycles. The molecule has 1 unspecified atom stereocenters. The molecule has 1 saturated heterocycles. The first-order valence-electron chi connectivity index (χ1n) is 8.40. The summed E-state index contributed by atoms with van der Waals surface area (Å²) < 4.78 is 5.78. The van der Waals surface area contributed by atoms with Crippen LogP contribution in [-0.2, 0) is 11.2 Å². The van der Waals surface area contributed by atoms with Crippen molar-refractivity contribution in [3.63, 3.8) is 0 Å². The Labute approximate surface area is 144 Å². The van der Waals surface area contributed by atoms with Crippen molar-refractivity contribution in [2.75, 3.05) is 26.2 Å². The fraction of sp³-hybridized carbons (Fsp3) is 0.412. The van der Waals surface area contributed by atoms with Crippen molar-refractivity contribution in [1.29, 1.82) is 0 Å². The number of rotatable bonds is 4. The molecule has 1 fully saturated rings. The van der Waals surface area contributed by atoms with Gasteiger partial charge in [0.25, 0.3) is 5.56 Å². The molecule has 4 rings (SSSR count). The lowest BCUT2D eigenvalue weighted by molar-refractivity contribution is -0.0339. The molecule has 130 valence electrons. The molecule has 8 nitrogen and oxygen atoms in total. The molecule has 2 N–H and O–H groups in total. The van der Waals surface area contributed by atoms with Gasteiger partial charge in [0.05, 0.1) is 17.5 Å². The van der Waals surface area contributed by atoms with Crippen LogP contribution in [0.5, 0.6) is 0 Å².